The monoisotopic (exact) mass is 237 g/mol. The molecule has 7 nitrogen and oxygen atoms in total. The third-order valence-corrected chi connectivity index (χ3v) is 1.52. The Morgan fingerprint density at radius 3 is 1.93 bits per heavy atom. The maximum Gasteiger partial charge on any atom is 0.302 e. The lowest BCUT2D eigenvalue weighted by Gasteiger charge is -1.91. The summed E-state index contributed by atoms with van der Waals surface area (Å²) in [6, 6.07) is 0. The van der Waals surface area contributed by atoms with Gasteiger partial charge in [0.25, 0.3) is 0 Å². The minimum Gasteiger partial charge on any atom is -0.399 e. The molecule has 0 radical (unpaired) electrons. The van der Waals surface area contributed by atoms with Crippen molar-refractivity contribution in [3.05, 3.63) is 43.2 Å². The summed E-state index contributed by atoms with van der Waals surface area (Å²) >= 11 is 5.40. The van der Waals surface area contributed by atoms with E-state index in [1.165, 1.54) is 13.0 Å². The Kier molecular flexibility index (Phi) is 9.44. The lowest BCUT2D eigenvalue weighted by molar-refractivity contribution is -0.475. The minimum absolute atomic E-state index is 0.0278. The average molecular weight is 238 g/mol. The Morgan fingerprint density at radius 2 is 1.87 bits per heavy atom. The first-order chi connectivity index (χ1) is 6.90. The zero-order valence-corrected chi connectivity index (χ0v) is 9.10. The van der Waals surface area contributed by atoms with Crippen LogP contribution < -0.4 is 5.73 Å². The number of nitro groups is 2. The van der Waals surface area contributed by atoms with Crippen molar-refractivity contribution < 1.29 is 9.85 Å². The third-order valence-electron chi connectivity index (χ3n) is 1.11. The molecular formula is C7H12ClN3O4. The van der Waals surface area contributed by atoms with Crippen LogP contribution in [-0.4, -0.2) is 16.4 Å². The molecule has 0 aliphatic heterocycles. The number of halogens is 1. The van der Waals surface area contributed by atoms with Crippen LogP contribution >= 0.6 is 11.6 Å². The van der Waals surface area contributed by atoms with Gasteiger partial charge in [-0.15, -0.1) is 0 Å². The molecule has 0 bridgehead atoms. The summed E-state index contributed by atoms with van der Waals surface area (Å²) in [6.45, 7) is 3.12. The smallest absolute Gasteiger partial charge is 0.302 e. The van der Waals surface area contributed by atoms with Crippen LogP contribution in [0.5, 0.6) is 0 Å². The molecule has 0 saturated carbocycles. The van der Waals surface area contributed by atoms with Gasteiger partial charge in [-0.1, -0.05) is 17.7 Å². The number of allylic oxidation sites excluding steroid dienone is 2. The van der Waals surface area contributed by atoms with Gasteiger partial charge in [-0.2, -0.15) is 0 Å². The summed E-state index contributed by atoms with van der Waals surface area (Å²) in [4.78, 5) is 18.2. The predicted octanol–water partition coefficient (Wildman–Crippen LogP) is 1.49. The molecule has 0 heterocycles. The van der Waals surface area contributed by atoms with Crippen molar-refractivity contribution >= 4 is 11.6 Å². The first-order valence-corrected chi connectivity index (χ1v) is 4.28. The Hall–Kier alpha value is -1.63. The van der Waals surface area contributed by atoms with Crippen molar-refractivity contribution in [3.8, 4) is 0 Å². The SMILES string of the molecule is C/C=C(Cl)\C(=C/N)[N+](=O)[O-].CC[N+](=O)[O-]. The second-order valence-electron chi connectivity index (χ2n) is 2.09. The van der Waals surface area contributed by atoms with Crippen LogP contribution in [-0.2, 0) is 0 Å². The molecule has 86 valence electrons. The van der Waals surface area contributed by atoms with Gasteiger partial charge in [0, 0.05) is 11.8 Å². The molecule has 0 atom stereocenters. The fourth-order valence-corrected chi connectivity index (χ4v) is 0.508. The molecule has 0 rings (SSSR count). The van der Waals surface area contributed by atoms with E-state index in [0.29, 0.717) is 0 Å². The van der Waals surface area contributed by atoms with Crippen LogP contribution in [0.3, 0.4) is 0 Å². The van der Waals surface area contributed by atoms with E-state index in [9.17, 15) is 20.2 Å². The Labute approximate surface area is 91.5 Å². The highest BCUT2D eigenvalue weighted by molar-refractivity contribution is 6.31. The molecule has 8 heteroatoms. The highest BCUT2D eigenvalue weighted by Crippen LogP contribution is 2.12. The lowest BCUT2D eigenvalue weighted by atomic mass is 10.4. The van der Waals surface area contributed by atoms with Crippen LogP contribution in [0, 0.1) is 20.2 Å². The topological polar surface area (TPSA) is 112 Å². The first kappa shape index (κ1) is 15.8. The third kappa shape index (κ3) is 8.69. The van der Waals surface area contributed by atoms with Gasteiger partial charge < -0.3 is 5.73 Å². The number of hydrogen-bond donors (Lipinski definition) is 1. The molecule has 0 aromatic heterocycles. The summed E-state index contributed by atoms with van der Waals surface area (Å²) in [5, 5.41) is 19.3. The molecule has 0 fully saturated rings. The fraction of sp³-hybridized carbons (Fsp3) is 0.429. The zero-order valence-electron chi connectivity index (χ0n) is 8.34. The fourth-order valence-electron chi connectivity index (χ4n) is 0.376. The highest BCUT2D eigenvalue weighted by Gasteiger charge is 2.12. The van der Waals surface area contributed by atoms with E-state index in [4.69, 9.17) is 17.3 Å². The van der Waals surface area contributed by atoms with Gasteiger partial charge in [0.1, 0.15) is 5.03 Å². The van der Waals surface area contributed by atoms with E-state index in [1.807, 2.05) is 0 Å². The minimum atomic E-state index is -0.637. The number of nitrogens with zero attached hydrogens (tertiary/aromatic N) is 2. The second-order valence-corrected chi connectivity index (χ2v) is 2.50. The quantitative estimate of drug-likeness (QED) is 0.454. The van der Waals surface area contributed by atoms with E-state index in [0.717, 1.165) is 6.20 Å². The van der Waals surface area contributed by atoms with Gasteiger partial charge in [-0.25, -0.2) is 0 Å². The number of rotatable bonds is 3. The molecule has 0 aliphatic carbocycles. The van der Waals surface area contributed by atoms with Gasteiger partial charge in [-0.3, -0.25) is 20.2 Å². The van der Waals surface area contributed by atoms with Crippen LogP contribution in [0.1, 0.15) is 13.8 Å². The van der Waals surface area contributed by atoms with Crippen molar-refractivity contribution in [3.63, 3.8) is 0 Å². The van der Waals surface area contributed by atoms with Gasteiger partial charge in [0.15, 0.2) is 0 Å². The van der Waals surface area contributed by atoms with E-state index in [2.05, 4.69) is 0 Å². The Bertz CT molecular complexity index is 288. The maximum atomic E-state index is 10.1. The van der Waals surface area contributed by atoms with E-state index in [1.54, 1.807) is 6.92 Å². The molecule has 0 aromatic carbocycles. The molecule has 0 aliphatic rings. The maximum absolute atomic E-state index is 10.1. The van der Waals surface area contributed by atoms with Crippen molar-refractivity contribution in [1.82, 2.24) is 0 Å². The molecule has 0 unspecified atom stereocenters. The summed E-state index contributed by atoms with van der Waals surface area (Å²) in [5.41, 5.74) is 4.65. The number of nitrogens with two attached hydrogens (primary N) is 1. The predicted molar refractivity (Wildman–Crippen MR) is 56.4 cm³/mol. The normalized spacial score (nSPS) is 11.4. The Morgan fingerprint density at radius 1 is 1.47 bits per heavy atom. The summed E-state index contributed by atoms with van der Waals surface area (Å²) in [7, 11) is 0. The van der Waals surface area contributed by atoms with E-state index < -0.39 is 4.92 Å². The zero-order chi connectivity index (χ0) is 12.4. The molecular weight excluding hydrogens is 226 g/mol. The van der Waals surface area contributed by atoms with Gasteiger partial charge >= 0.3 is 5.70 Å². The van der Waals surface area contributed by atoms with Gasteiger partial charge in [0.05, 0.1) is 11.1 Å². The summed E-state index contributed by atoms with van der Waals surface area (Å²) in [6.07, 6.45) is 2.27. The first-order valence-electron chi connectivity index (χ1n) is 3.90. The van der Waals surface area contributed by atoms with Crippen molar-refractivity contribution in [2.24, 2.45) is 5.73 Å². The van der Waals surface area contributed by atoms with Crippen LogP contribution in [0.4, 0.5) is 0 Å². The van der Waals surface area contributed by atoms with Crippen LogP contribution in [0.25, 0.3) is 0 Å². The van der Waals surface area contributed by atoms with Crippen molar-refractivity contribution in [2.45, 2.75) is 13.8 Å². The molecule has 0 saturated heterocycles. The lowest BCUT2D eigenvalue weighted by Crippen LogP contribution is -2.01. The van der Waals surface area contributed by atoms with Crippen LogP contribution in [0.2, 0.25) is 0 Å². The van der Waals surface area contributed by atoms with E-state index in [-0.39, 0.29) is 22.2 Å². The Balaban J connectivity index is 0. The summed E-state index contributed by atoms with van der Waals surface area (Å²) in [5.74, 6) is 0. The second kappa shape index (κ2) is 8.95. The molecule has 0 aromatic rings. The molecule has 2 N–H and O–H groups in total. The largest absolute Gasteiger partial charge is 0.399 e. The van der Waals surface area contributed by atoms with Gasteiger partial charge in [-0.05, 0) is 6.92 Å². The van der Waals surface area contributed by atoms with Crippen molar-refractivity contribution in [1.29, 1.82) is 0 Å². The number of hydrogen-bond acceptors (Lipinski definition) is 5. The average Bonchev–Trinajstić information content (AvgIpc) is 2.18. The molecule has 0 spiro atoms. The van der Waals surface area contributed by atoms with Crippen LogP contribution in [0.15, 0.2) is 23.0 Å². The van der Waals surface area contributed by atoms with E-state index >= 15 is 0 Å². The van der Waals surface area contributed by atoms with Crippen molar-refractivity contribution in [2.75, 3.05) is 6.54 Å². The highest BCUT2D eigenvalue weighted by atomic mass is 35.5. The molecule has 0 amide bonds. The van der Waals surface area contributed by atoms with Gasteiger partial charge in [0.2, 0.25) is 6.54 Å². The molecule has 15 heavy (non-hydrogen) atoms. The standard InChI is InChI=1S/C5H7ClN2O2.C2H5NO2/c1-2-4(6)5(3-7)8(9)10;1-2-3(4)5/h2-3H,7H2,1H3;2H2,1H3/b4-2+,5-3+;. The summed E-state index contributed by atoms with van der Waals surface area (Å²) < 4.78 is 0.